The summed E-state index contributed by atoms with van der Waals surface area (Å²) in [6.45, 7) is 3.75. The molecular formula is C14H13NO2. The number of carboxylic acids is 1. The molecule has 0 bridgehead atoms. The van der Waals surface area contributed by atoms with E-state index in [4.69, 9.17) is 5.11 Å². The molecule has 1 N–H and O–H groups in total. The number of nitrogens with zero attached hydrogens (tertiary/aromatic N) is 1. The normalized spacial score (nSPS) is 10.2. The minimum Gasteiger partial charge on any atom is -0.478 e. The Morgan fingerprint density at radius 2 is 1.88 bits per heavy atom. The van der Waals surface area contributed by atoms with Crippen LogP contribution in [0.4, 0.5) is 0 Å². The second-order valence-electron chi connectivity index (χ2n) is 3.93. The zero-order chi connectivity index (χ0) is 12.4. The summed E-state index contributed by atoms with van der Waals surface area (Å²) in [4.78, 5) is 15.3. The largest absolute Gasteiger partial charge is 0.478 e. The highest BCUT2D eigenvalue weighted by molar-refractivity contribution is 5.91. The Kier molecular flexibility index (Phi) is 2.91. The maximum atomic E-state index is 11.0. The molecule has 3 heteroatoms. The average Bonchev–Trinajstić information content (AvgIpc) is 2.33. The van der Waals surface area contributed by atoms with Crippen molar-refractivity contribution in [2.45, 2.75) is 13.8 Å². The molecule has 0 aliphatic carbocycles. The lowest BCUT2D eigenvalue weighted by Crippen LogP contribution is -2.02. The zero-order valence-corrected chi connectivity index (χ0v) is 9.77. The van der Waals surface area contributed by atoms with Crippen molar-refractivity contribution in [1.82, 2.24) is 4.98 Å². The van der Waals surface area contributed by atoms with Gasteiger partial charge in [-0.3, -0.25) is 4.98 Å². The molecule has 0 saturated heterocycles. The topological polar surface area (TPSA) is 50.2 Å². The molecular weight excluding hydrogens is 214 g/mol. The Hall–Kier alpha value is -2.16. The Morgan fingerprint density at radius 1 is 1.12 bits per heavy atom. The van der Waals surface area contributed by atoms with Crippen molar-refractivity contribution in [3.63, 3.8) is 0 Å². The van der Waals surface area contributed by atoms with E-state index < -0.39 is 5.97 Å². The summed E-state index contributed by atoms with van der Waals surface area (Å²) in [7, 11) is 0. The number of hydrogen-bond acceptors (Lipinski definition) is 2. The van der Waals surface area contributed by atoms with Crippen LogP contribution in [-0.4, -0.2) is 16.1 Å². The maximum Gasteiger partial charge on any atom is 0.335 e. The van der Waals surface area contributed by atoms with Gasteiger partial charge in [0.1, 0.15) is 0 Å². The quantitative estimate of drug-likeness (QED) is 0.857. The summed E-state index contributed by atoms with van der Waals surface area (Å²) in [5.41, 5.74) is 3.95. The van der Waals surface area contributed by atoms with Crippen LogP contribution in [0.1, 0.15) is 21.5 Å². The van der Waals surface area contributed by atoms with Crippen LogP contribution in [0.5, 0.6) is 0 Å². The average molecular weight is 227 g/mol. The summed E-state index contributed by atoms with van der Waals surface area (Å²) in [6, 6.07) is 9.14. The Balaban J connectivity index is 2.60. The van der Waals surface area contributed by atoms with Crippen molar-refractivity contribution >= 4 is 5.97 Å². The summed E-state index contributed by atoms with van der Waals surface area (Å²) in [5, 5.41) is 9.04. The summed E-state index contributed by atoms with van der Waals surface area (Å²) in [5.74, 6) is -0.891. The molecule has 1 heterocycles. The first kappa shape index (κ1) is 11.3. The molecule has 1 aromatic heterocycles. The maximum absolute atomic E-state index is 11.0. The first-order chi connectivity index (χ1) is 8.11. The standard InChI is InChI=1S/C14H13NO2/c1-9-10(2)12(14(16)17)7-6-11(9)13-5-3-4-8-15-13/h3-8H,1-2H3,(H,16,17). The fourth-order valence-electron chi connectivity index (χ4n) is 1.85. The lowest BCUT2D eigenvalue weighted by molar-refractivity contribution is 0.0696. The molecule has 0 unspecified atom stereocenters. The monoisotopic (exact) mass is 227 g/mol. The van der Waals surface area contributed by atoms with Crippen molar-refractivity contribution in [2.75, 3.05) is 0 Å². The lowest BCUT2D eigenvalue weighted by Gasteiger charge is -2.10. The Labute approximate surface area is 99.8 Å². The molecule has 0 radical (unpaired) electrons. The highest BCUT2D eigenvalue weighted by atomic mass is 16.4. The number of rotatable bonds is 2. The molecule has 1 aromatic carbocycles. The molecule has 0 aliphatic heterocycles. The van der Waals surface area contributed by atoms with E-state index in [0.29, 0.717) is 5.56 Å². The molecule has 17 heavy (non-hydrogen) atoms. The van der Waals surface area contributed by atoms with Crippen molar-refractivity contribution < 1.29 is 9.90 Å². The van der Waals surface area contributed by atoms with E-state index in [1.54, 1.807) is 12.3 Å². The molecule has 0 spiro atoms. The van der Waals surface area contributed by atoms with Gasteiger partial charge in [-0.2, -0.15) is 0 Å². The van der Waals surface area contributed by atoms with E-state index in [1.807, 2.05) is 38.1 Å². The highest BCUT2D eigenvalue weighted by Gasteiger charge is 2.12. The van der Waals surface area contributed by atoms with Crippen LogP contribution in [0.2, 0.25) is 0 Å². The van der Waals surface area contributed by atoms with Crippen LogP contribution >= 0.6 is 0 Å². The molecule has 0 atom stereocenters. The van der Waals surface area contributed by atoms with E-state index in [0.717, 1.165) is 22.4 Å². The number of benzene rings is 1. The highest BCUT2D eigenvalue weighted by Crippen LogP contribution is 2.25. The lowest BCUT2D eigenvalue weighted by atomic mass is 9.96. The Bertz CT molecular complexity index is 562. The first-order valence-electron chi connectivity index (χ1n) is 5.36. The fourth-order valence-corrected chi connectivity index (χ4v) is 1.85. The van der Waals surface area contributed by atoms with E-state index in [-0.39, 0.29) is 0 Å². The first-order valence-corrected chi connectivity index (χ1v) is 5.36. The SMILES string of the molecule is Cc1c(C(=O)O)ccc(-c2ccccn2)c1C. The van der Waals surface area contributed by atoms with Gasteiger partial charge >= 0.3 is 5.97 Å². The smallest absolute Gasteiger partial charge is 0.335 e. The molecule has 86 valence electrons. The van der Waals surface area contributed by atoms with Gasteiger partial charge in [-0.1, -0.05) is 12.1 Å². The van der Waals surface area contributed by atoms with E-state index in [2.05, 4.69) is 4.98 Å². The third-order valence-corrected chi connectivity index (χ3v) is 2.96. The second kappa shape index (κ2) is 4.37. The third kappa shape index (κ3) is 2.04. The predicted molar refractivity (Wildman–Crippen MR) is 66.1 cm³/mol. The van der Waals surface area contributed by atoms with Crippen LogP contribution in [0, 0.1) is 13.8 Å². The molecule has 2 rings (SSSR count). The molecule has 0 aliphatic rings. The van der Waals surface area contributed by atoms with Crippen LogP contribution in [0.3, 0.4) is 0 Å². The van der Waals surface area contributed by atoms with E-state index in [1.165, 1.54) is 0 Å². The van der Waals surface area contributed by atoms with Crippen LogP contribution in [0.15, 0.2) is 36.5 Å². The van der Waals surface area contributed by atoms with Gasteiger partial charge in [0, 0.05) is 11.8 Å². The molecule has 3 nitrogen and oxygen atoms in total. The second-order valence-corrected chi connectivity index (χ2v) is 3.93. The van der Waals surface area contributed by atoms with Gasteiger partial charge in [-0.25, -0.2) is 4.79 Å². The van der Waals surface area contributed by atoms with E-state index in [9.17, 15) is 4.79 Å². The summed E-state index contributed by atoms with van der Waals surface area (Å²) in [6.07, 6.45) is 1.73. The number of pyridine rings is 1. The number of aromatic carboxylic acids is 1. The van der Waals surface area contributed by atoms with Gasteiger partial charge in [-0.15, -0.1) is 0 Å². The third-order valence-electron chi connectivity index (χ3n) is 2.96. The molecule has 0 saturated carbocycles. The fraction of sp³-hybridized carbons (Fsp3) is 0.143. The Morgan fingerprint density at radius 3 is 2.47 bits per heavy atom. The van der Waals surface area contributed by atoms with E-state index >= 15 is 0 Å². The van der Waals surface area contributed by atoms with Gasteiger partial charge in [0.15, 0.2) is 0 Å². The van der Waals surface area contributed by atoms with Crippen molar-refractivity contribution in [1.29, 1.82) is 0 Å². The van der Waals surface area contributed by atoms with Gasteiger partial charge in [0.05, 0.1) is 11.3 Å². The van der Waals surface area contributed by atoms with Gasteiger partial charge in [0.2, 0.25) is 0 Å². The number of carboxylic acid groups (broad SMARTS) is 1. The van der Waals surface area contributed by atoms with Crippen LogP contribution in [-0.2, 0) is 0 Å². The number of aromatic nitrogens is 1. The minimum atomic E-state index is -0.891. The van der Waals surface area contributed by atoms with Gasteiger partial charge < -0.3 is 5.11 Å². The van der Waals surface area contributed by atoms with Crippen molar-refractivity contribution in [2.24, 2.45) is 0 Å². The minimum absolute atomic E-state index is 0.349. The number of carbonyl (C=O) groups is 1. The molecule has 0 amide bonds. The van der Waals surface area contributed by atoms with Gasteiger partial charge in [0.25, 0.3) is 0 Å². The predicted octanol–water partition coefficient (Wildman–Crippen LogP) is 3.06. The molecule has 0 fully saturated rings. The molecule has 2 aromatic rings. The van der Waals surface area contributed by atoms with Gasteiger partial charge in [-0.05, 0) is 43.2 Å². The summed E-state index contributed by atoms with van der Waals surface area (Å²) >= 11 is 0. The van der Waals surface area contributed by atoms with Crippen LogP contribution < -0.4 is 0 Å². The summed E-state index contributed by atoms with van der Waals surface area (Å²) < 4.78 is 0. The zero-order valence-electron chi connectivity index (χ0n) is 9.77. The number of hydrogen-bond donors (Lipinski definition) is 1. The van der Waals surface area contributed by atoms with Crippen LogP contribution in [0.25, 0.3) is 11.3 Å². The van der Waals surface area contributed by atoms with Crippen molar-refractivity contribution in [3.05, 3.63) is 53.2 Å². The van der Waals surface area contributed by atoms with Crippen molar-refractivity contribution in [3.8, 4) is 11.3 Å².